The largest absolute Gasteiger partial charge is 0.497 e. The van der Waals surface area contributed by atoms with Gasteiger partial charge in [-0.2, -0.15) is 0 Å². The molecule has 1 N–H and O–H groups in total. The zero-order valence-electron chi connectivity index (χ0n) is 11.8. The molecule has 20 heavy (non-hydrogen) atoms. The zero-order valence-corrected chi connectivity index (χ0v) is 11.8. The zero-order chi connectivity index (χ0) is 14.2. The number of fused-ring (bicyclic) bond motifs is 1. The summed E-state index contributed by atoms with van der Waals surface area (Å²) in [5.41, 5.74) is 1.84. The molecular formula is C15H19N3O2. The minimum atomic E-state index is -1.01. The highest BCUT2D eigenvalue weighted by Crippen LogP contribution is 2.43. The van der Waals surface area contributed by atoms with Crippen molar-refractivity contribution in [1.82, 2.24) is 15.0 Å². The van der Waals surface area contributed by atoms with E-state index in [-0.39, 0.29) is 0 Å². The smallest absolute Gasteiger partial charge is 0.133 e. The Balaban J connectivity index is 2.09. The van der Waals surface area contributed by atoms with Crippen LogP contribution in [0, 0.1) is 0 Å². The van der Waals surface area contributed by atoms with E-state index in [4.69, 9.17) is 4.74 Å². The molecule has 3 rings (SSSR count). The Bertz CT molecular complexity index is 623. The molecule has 5 heteroatoms. The van der Waals surface area contributed by atoms with Gasteiger partial charge in [-0.05, 0) is 42.5 Å². The topological polar surface area (TPSA) is 60.2 Å². The van der Waals surface area contributed by atoms with Crippen LogP contribution in [0.1, 0.15) is 36.6 Å². The summed E-state index contributed by atoms with van der Waals surface area (Å²) in [5, 5.41) is 19.2. The van der Waals surface area contributed by atoms with E-state index in [1.807, 2.05) is 18.2 Å². The lowest BCUT2D eigenvalue weighted by Gasteiger charge is -2.24. The predicted octanol–water partition coefficient (Wildman–Crippen LogP) is 1.88. The van der Waals surface area contributed by atoms with Crippen LogP contribution in [0.4, 0.5) is 0 Å². The fraction of sp³-hybridized carbons (Fsp3) is 0.467. The summed E-state index contributed by atoms with van der Waals surface area (Å²) >= 11 is 0. The molecule has 106 valence electrons. The van der Waals surface area contributed by atoms with Crippen LogP contribution in [0.5, 0.6) is 5.75 Å². The lowest BCUT2D eigenvalue weighted by atomic mass is 9.92. The predicted molar refractivity (Wildman–Crippen MR) is 74.6 cm³/mol. The van der Waals surface area contributed by atoms with Crippen LogP contribution < -0.4 is 4.74 Å². The molecule has 0 radical (unpaired) electrons. The molecule has 1 aromatic carbocycles. The Kier molecular flexibility index (Phi) is 3.22. The molecule has 1 heterocycles. The number of nitrogens with zero attached hydrogens (tertiary/aromatic N) is 3. The summed E-state index contributed by atoms with van der Waals surface area (Å²) in [7, 11) is 1.64. The Morgan fingerprint density at radius 1 is 1.45 bits per heavy atom. The highest BCUT2D eigenvalue weighted by molar-refractivity contribution is 5.46. The molecule has 0 bridgehead atoms. The van der Waals surface area contributed by atoms with Crippen LogP contribution in [0.25, 0.3) is 0 Å². The van der Waals surface area contributed by atoms with Crippen LogP contribution in [-0.2, 0) is 18.6 Å². The minimum absolute atomic E-state index is 0.659. The van der Waals surface area contributed by atoms with Crippen LogP contribution in [0.15, 0.2) is 24.4 Å². The van der Waals surface area contributed by atoms with Crippen molar-refractivity contribution in [3.05, 3.63) is 41.2 Å². The molecule has 0 fully saturated rings. The first kappa shape index (κ1) is 13.1. The molecule has 1 aromatic heterocycles. The van der Waals surface area contributed by atoms with Crippen LogP contribution >= 0.6 is 0 Å². The maximum absolute atomic E-state index is 11.2. The molecule has 1 aliphatic carbocycles. The van der Waals surface area contributed by atoms with Crippen LogP contribution in [0.2, 0.25) is 0 Å². The van der Waals surface area contributed by atoms with Gasteiger partial charge in [-0.15, -0.1) is 5.10 Å². The summed E-state index contributed by atoms with van der Waals surface area (Å²) in [6.07, 6.45) is 4.14. The van der Waals surface area contributed by atoms with Gasteiger partial charge in [0.25, 0.3) is 0 Å². The normalized spacial score (nSPS) is 20.9. The van der Waals surface area contributed by atoms with Gasteiger partial charge in [-0.3, -0.25) is 0 Å². The summed E-state index contributed by atoms with van der Waals surface area (Å²) < 4.78 is 7.08. The second kappa shape index (κ2) is 4.90. The third kappa shape index (κ3) is 1.89. The number of ether oxygens (including phenoxy) is 1. The first-order valence-corrected chi connectivity index (χ1v) is 6.97. The lowest BCUT2D eigenvalue weighted by Crippen LogP contribution is -2.28. The van der Waals surface area contributed by atoms with Gasteiger partial charge in [0.15, 0.2) is 0 Å². The van der Waals surface area contributed by atoms with Gasteiger partial charge in [-0.25, -0.2) is 4.68 Å². The Labute approximate surface area is 118 Å². The van der Waals surface area contributed by atoms with E-state index in [9.17, 15) is 5.11 Å². The molecule has 1 atom stereocenters. The summed E-state index contributed by atoms with van der Waals surface area (Å²) in [6, 6.07) is 5.89. The van der Waals surface area contributed by atoms with Crippen LogP contribution in [-0.4, -0.2) is 27.2 Å². The fourth-order valence-corrected chi connectivity index (χ4v) is 2.96. The highest BCUT2D eigenvalue weighted by Gasteiger charge is 2.41. The molecule has 1 unspecified atom stereocenters. The van der Waals surface area contributed by atoms with E-state index in [2.05, 4.69) is 17.2 Å². The molecular weight excluding hydrogens is 254 g/mol. The van der Waals surface area contributed by atoms with E-state index in [0.29, 0.717) is 6.42 Å². The Morgan fingerprint density at radius 3 is 3.05 bits per heavy atom. The maximum atomic E-state index is 11.2. The molecule has 2 aromatic rings. The first-order chi connectivity index (χ1) is 9.69. The highest BCUT2D eigenvalue weighted by atomic mass is 16.5. The molecule has 0 spiro atoms. The summed E-state index contributed by atoms with van der Waals surface area (Å²) in [6.45, 7) is 2.85. The van der Waals surface area contributed by atoms with Gasteiger partial charge in [0.1, 0.15) is 11.4 Å². The maximum Gasteiger partial charge on any atom is 0.133 e. The quantitative estimate of drug-likeness (QED) is 0.924. The van der Waals surface area contributed by atoms with Crippen molar-refractivity contribution in [1.29, 1.82) is 0 Å². The molecule has 0 saturated heterocycles. The monoisotopic (exact) mass is 273 g/mol. The third-order valence-corrected chi connectivity index (χ3v) is 4.00. The van der Waals surface area contributed by atoms with E-state index < -0.39 is 5.60 Å². The molecule has 0 saturated carbocycles. The molecule has 5 nitrogen and oxygen atoms in total. The lowest BCUT2D eigenvalue weighted by molar-refractivity contribution is 0.0724. The van der Waals surface area contributed by atoms with E-state index >= 15 is 0 Å². The second-order valence-electron chi connectivity index (χ2n) is 5.23. The van der Waals surface area contributed by atoms with E-state index in [0.717, 1.165) is 42.0 Å². The van der Waals surface area contributed by atoms with Crippen molar-refractivity contribution < 1.29 is 9.84 Å². The first-order valence-electron chi connectivity index (χ1n) is 6.97. The number of hydrogen-bond acceptors (Lipinski definition) is 4. The standard InChI is InChI=1S/C15H19N3O2/c1-3-8-18-14(10-16-17-18)15(19)7-6-11-4-5-12(20-2)9-13(11)15/h4-5,9-10,19H,3,6-8H2,1-2H3. The van der Waals surface area contributed by atoms with Gasteiger partial charge >= 0.3 is 0 Å². The van der Waals surface area contributed by atoms with Crippen molar-refractivity contribution in [2.24, 2.45) is 0 Å². The van der Waals surface area contributed by atoms with Gasteiger partial charge < -0.3 is 9.84 Å². The number of aliphatic hydroxyl groups is 1. The average Bonchev–Trinajstić information content (AvgIpc) is 3.05. The van der Waals surface area contributed by atoms with Crippen molar-refractivity contribution >= 4 is 0 Å². The minimum Gasteiger partial charge on any atom is -0.497 e. The number of aryl methyl sites for hydroxylation is 2. The Hall–Kier alpha value is -1.88. The van der Waals surface area contributed by atoms with Gasteiger partial charge in [-0.1, -0.05) is 18.2 Å². The van der Waals surface area contributed by atoms with Gasteiger partial charge in [0, 0.05) is 6.54 Å². The molecule has 0 aliphatic heterocycles. The number of methoxy groups -OCH3 is 1. The second-order valence-corrected chi connectivity index (χ2v) is 5.23. The number of hydrogen-bond donors (Lipinski definition) is 1. The fourth-order valence-electron chi connectivity index (χ4n) is 2.96. The molecule has 1 aliphatic rings. The average molecular weight is 273 g/mol. The number of aromatic nitrogens is 3. The van der Waals surface area contributed by atoms with Crippen LogP contribution in [0.3, 0.4) is 0 Å². The van der Waals surface area contributed by atoms with Gasteiger partial charge in [0.2, 0.25) is 0 Å². The Morgan fingerprint density at radius 2 is 2.30 bits per heavy atom. The van der Waals surface area contributed by atoms with Crippen molar-refractivity contribution in [3.63, 3.8) is 0 Å². The van der Waals surface area contributed by atoms with Gasteiger partial charge in [0.05, 0.1) is 19.0 Å². The number of benzene rings is 1. The molecule has 0 amide bonds. The summed E-state index contributed by atoms with van der Waals surface area (Å²) in [5.74, 6) is 0.763. The number of rotatable bonds is 4. The van der Waals surface area contributed by atoms with E-state index in [1.54, 1.807) is 18.0 Å². The van der Waals surface area contributed by atoms with Crippen molar-refractivity contribution in [2.75, 3.05) is 7.11 Å². The summed E-state index contributed by atoms with van der Waals surface area (Å²) in [4.78, 5) is 0. The SMILES string of the molecule is CCCn1nncc1C1(O)CCc2ccc(OC)cc21. The third-order valence-electron chi connectivity index (χ3n) is 4.00. The van der Waals surface area contributed by atoms with Crippen molar-refractivity contribution in [2.45, 2.75) is 38.3 Å². The van der Waals surface area contributed by atoms with Crippen molar-refractivity contribution in [3.8, 4) is 5.75 Å². The van der Waals surface area contributed by atoms with E-state index in [1.165, 1.54) is 0 Å².